The highest BCUT2D eigenvalue weighted by atomic mass is 16.6. The molecule has 0 atom stereocenters. The Morgan fingerprint density at radius 2 is 1.90 bits per heavy atom. The van der Waals surface area contributed by atoms with Crippen molar-refractivity contribution in [2.45, 2.75) is 0 Å². The van der Waals surface area contributed by atoms with Gasteiger partial charge in [0.15, 0.2) is 11.6 Å². The molecule has 3 aromatic rings. The summed E-state index contributed by atoms with van der Waals surface area (Å²) in [6.45, 7) is 0. The number of non-ortho nitro benzene ring substituents is 1. The molecule has 0 radical (unpaired) electrons. The summed E-state index contributed by atoms with van der Waals surface area (Å²) in [5.41, 5.74) is 6.33. The zero-order chi connectivity index (χ0) is 14.8. The zero-order valence-electron chi connectivity index (χ0n) is 10.7. The Hall–Kier alpha value is -3.29. The molecule has 0 aliphatic carbocycles. The fraction of sp³-hybridized carbons (Fsp3) is 0. The maximum Gasteiger partial charge on any atom is 0.269 e. The predicted octanol–water partition coefficient (Wildman–Crippen LogP) is 1.82. The van der Waals surface area contributed by atoms with Gasteiger partial charge in [-0.05, 0) is 24.3 Å². The summed E-state index contributed by atoms with van der Waals surface area (Å²) >= 11 is 0. The van der Waals surface area contributed by atoms with Crippen molar-refractivity contribution in [2.75, 3.05) is 5.73 Å². The van der Waals surface area contributed by atoms with E-state index in [1.54, 1.807) is 30.3 Å². The summed E-state index contributed by atoms with van der Waals surface area (Å²) in [6.07, 6.45) is 1.51. The van der Waals surface area contributed by atoms with Gasteiger partial charge in [0.25, 0.3) is 5.69 Å². The van der Waals surface area contributed by atoms with Crippen molar-refractivity contribution in [3.05, 3.63) is 58.9 Å². The molecule has 0 unspecified atom stereocenters. The van der Waals surface area contributed by atoms with Crippen LogP contribution in [-0.2, 0) is 0 Å². The normalized spacial score (nSPS) is 10.5. The number of nitro benzene ring substituents is 1. The standard InChI is InChI=1S/C13H10N6O2/c14-11-2-1-3-12(16-11)18-8-15-13(17-18)9-4-6-10(7-5-9)19(20)21/h1-8H,(H2,14,16). The van der Waals surface area contributed by atoms with Crippen LogP contribution in [0.5, 0.6) is 0 Å². The van der Waals surface area contributed by atoms with Crippen molar-refractivity contribution in [1.29, 1.82) is 0 Å². The summed E-state index contributed by atoms with van der Waals surface area (Å²) in [6, 6.07) is 11.2. The molecule has 0 saturated heterocycles. The van der Waals surface area contributed by atoms with Gasteiger partial charge in [-0.2, -0.15) is 0 Å². The molecular weight excluding hydrogens is 272 g/mol. The van der Waals surface area contributed by atoms with Crippen molar-refractivity contribution in [3.8, 4) is 17.2 Å². The summed E-state index contributed by atoms with van der Waals surface area (Å²) < 4.78 is 1.49. The molecule has 21 heavy (non-hydrogen) atoms. The van der Waals surface area contributed by atoms with Gasteiger partial charge in [-0.3, -0.25) is 10.1 Å². The van der Waals surface area contributed by atoms with E-state index in [-0.39, 0.29) is 5.69 Å². The number of nitrogens with two attached hydrogens (primary N) is 1. The first kappa shape index (κ1) is 12.7. The van der Waals surface area contributed by atoms with E-state index in [4.69, 9.17) is 5.73 Å². The van der Waals surface area contributed by atoms with Gasteiger partial charge >= 0.3 is 0 Å². The van der Waals surface area contributed by atoms with Crippen LogP contribution in [0.1, 0.15) is 0 Å². The summed E-state index contributed by atoms with van der Waals surface area (Å²) in [5.74, 6) is 1.39. The number of aromatic nitrogens is 4. The van der Waals surface area contributed by atoms with Crippen LogP contribution >= 0.6 is 0 Å². The number of rotatable bonds is 3. The lowest BCUT2D eigenvalue weighted by atomic mass is 10.2. The molecule has 0 aliphatic heterocycles. The van der Waals surface area contributed by atoms with E-state index in [2.05, 4.69) is 15.1 Å². The Kier molecular flexibility index (Phi) is 3.03. The molecule has 0 aliphatic rings. The third kappa shape index (κ3) is 2.54. The molecule has 0 amide bonds. The van der Waals surface area contributed by atoms with Crippen LogP contribution in [0, 0.1) is 10.1 Å². The Bertz CT molecular complexity index is 796. The third-order valence-corrected chi connectivity index (χ3v) is 2.82. The van der Waals surface area contributed by atoms with Gasteiger partial charge < -0.3 is 5.73 Å². The fourth-order valence-corrected chi connectivity index (χ4v) is 1.81. The maximum absolute atomic E-state index is 10.6. The lowest BCUT2D eigenvalue weighted by Gasteiger charge is -1.99. The van der Waals surface area contributed by atoms with Crippen LogP contribution in [0.25, 0.3) is 17.2 Å². The van der Waals surface area contributed by atoms with Crippen molar-refractivity contribution in [2.24, 2.45) is 0 Å². The molecule has 1 aromatic carbocycles. The van der Waals surface area contributed by atoms with Crippen LogP contribution in [0.2, 0.25) is 0 Å². The first-order chi connectivity index (χ1) is 10.1. The Labute approximate surface area is 119 Å². The Balaban J connectivity index is 1.93. The van der Waals surface area contributed by atoms with Gasteiger partial charge in [0.05, 0.1) is 4.92 Å². The number of nitrogen functional groups attached to an aromatic ring is 1. The minimum atomic E-state index is -0.452. The van der Waals surface area contributed by atoms with Gasteiger partial charge in [0.2, 0.25) is 0 Å². The lowest BCUT2D eigenvalue weighted by Crippen LogP contribution is -2.00. The summed E-state index contributed by atoms with van der Waals surface area (Å²) in [5, 5.41) is 14.9. The minimum Gasteiger partial charge on any atom is -0.384 e. The number of nitrogens with zero attached hydrogens (tertiary/aromatic N) is 5. The van der Waals surface area contributed by atoms with Gasteiger partial charge in [-0.1, -0.05) is 6.07 Å². The molecular formula is C13H10N6O2. The van der Waals surface area contributed by atoms with E-state index in [1.807, 2.05) is 0 Å². The molecule has 0 saturated carbocycles. The van der Waals surface area contributed by atoms with Gasteiger partial charge in [-0.15, -0.1) is 5.10 Å². The second-order valence-corrected chi connectivity index (χ2v) is 4.24. The minimum absolute atomic E-state index is 0.0238. The Morgan fingerprint density at radius 1 is 1.14 bits per heavy atom. The molecule has 3 rings (SSSR count). The molecule has 0 spiro atoms. The molecule has 2 N–H and O–H groups in total. The largest absolute Gasteiger partial charge is 0.384 e. The highest BCUT2D eigenvalue weighted by Gasteiger charge is 2.09. The lowest BCUT2D eigenvalue weighted by molar-refractivity contribution is -0.384. The maximum atomic E-state index is 10.6. The average molecular weight is 282 g/mol. The third-order valence-electron chi connectivity index (χ3n) is 2.82. The number of nitro groups is 1. The van der Waals surface area contributed by atoms with E-state index in [1.165, 1.54) is 23.1 Å². The average Bonchev–Trinajstić information content (AvgIpc) is 2.97. The second kappa shape index (κ2) is 5.00. The fourth-order valence-electron chi connectivity index (χ4n) is 1.81. The number of anilines is 1. The topological polar surface area (TPSA) is 113 Å². The van der Waals surface area contributed by atoms with Crippen LogP contribution in [0.3, 0.4) is 0 Å². The quantitative estimate of drug-likeness (QED) is 0.579. The van der Waals surface area contributed by atoms with E-state index in [0.29, 0.717) is 23.0 Å². The SMILES string of the molecule is Nc1cccc(-n2cnc(-c3ccc([N+](=O)[O-])cc3)n2)n1. The van der Waals surface area contributed by atoms with Crippen LogP contribution in [-0.4, -0.2) is 24.7 Å². The molecule has 0 fully saturated rings. The van der Waals surface area contributed by atoms with Crippen molar-refractivity contribution in [3.63, 3.8) is 0 Å². The van der Waals surface area contributed by atoms with E-state index >= 15 is 0 Å². The predicted molar refractivity (Wildman–Crippen MR) is 75.7 cm³/mol. The number of pyridine rings is 1. The molecule has 104 valence electrons. The molecule has 2 aromatic heterocycles. The van der Waals surface area contributed by atoms with Crippen LogP contribution in [0.4, 0.5) is 11.5 Å². The smallest absolute Gasteiger partial charge is 0.269 e. The van der Waals surface area contributed by atoms with E-state index in [0.717, 1.165) is 0 Å². The van der Waals surface area contributed by atoms with Crippen molar-refractivity contribution < 1.29 is 4.92 Å². The first-order valence-corrected chi connectivity index (χ1v) is 6.03. The van der Waals surface area contributed by atoms with Crippen molar-refractivity contribution >= 4 is 11.5 Å². The van der Waals surface area contributed by atoms with Crippen LogP contribution in [0.15, 0.2) is 48.8 Å². The van der Waals surface area contributed by atoms with E-state index in [9.17, 15) is 10.1 Å². The van der Waals surface area contributed by atoms with Crippen LogP contribution < -0.4 is 5.73 Å². The molecule has 2 heterocycles. The summed E-state index contributed by atoms with van der Waals surface area (Å²) in [7, 11) is 0. The highest BCUT2D eigenvalue weighted by molar-refractivity contribution is 5.56. The summed E-state index contributed by atoms with van der Waals surface area (Å²) in [4.78, 5) is 18.5. The zero-order valence-corrected chi connectivity index (χ0v) is 10.7. The Morgan fingerprint density at radius 3 is 2.57 bits per heavy atom. The molecule has 0 bridgehead atoms. The number of hydrogen-bond donors (Lipinski definition) is 1. The number of hydrogen-bond acceptors (Lipinski definition) is 6. The van der Waals surface area contributed by atoms with Gasteiger partial charge in [-0.25, -0.2) is 14.6 Å². The van der Waals surface area contributed by atoms with Gasteiger partial charge in [0, 0.05) is 17.7 Å². The first-order valence-electron chi connectivity index (χ1n) is 6.03. The molecule has 8 nitrogen and oxygen atoms in total. The monoisotopic (exact) mass is 282 g/mol. The van der Waals surface area contributed by atoms with Gasteiger partial charge in [0.1, 0.15) is 12.1 Å². The molecule has 8 heteroatoms. The number of benzene rings is 1. The van der Waals surface area contributed by atoms with E-state index < -0.39 is 4.92 Å². The second-order valence-electron chi connectivity index (χ2n) is 4.24. The highest BCUT2D eigenvalue weighted by Crippen LogP contribution is 2.19. The van der Waals surface area contributed by atoms with Crippen molar-refractivity contribution in [1.82, 2.24) is 19.7 Å².